The van der Waals surface area contributed by atoms with Crippen LogP contribution in [0, 0.1) is 15.5 Å². The molecule has 1 aromatic rings. The molecular formula is C14H20N2O3. The zero-order valence-electron chi connectivity index (χ0n) is 11.4. The SMILES string of the molecule is CC1(C)CCC(Oc2ccc([N+](=O)[O-])c(N)c2)CC1. The highest BCUT2D eigenvalue weighted by Crippen LogP contribution is 2.37. The van der Waals surface area contributed by atoms with Crippen molar-refractivity contribution in [2.24, 2.45) is 5.41 Å². The number of rotatable bonds is 3. The van der Waals surface area contributed by atoms with E-state index in [1.807, 2.05) is 0 Å². The second-order valence-electron chi connectivity index (χ2n) is 5.96. The predicted molar refractivity (Wildman–Crippen MR) is 74.2 cm³/mol. The molecule has 2 N–H and O–H groups in total. The van der Waals surface area contributed by atoms with Crippen LogP contribution in [-0.4, -0.2) is 11.0 Å². The molecule has 19 heavy (non-hydrogen) atoms. The van der Waals surface area contributed by atoms with E-state index >= 15 is 0 Å². The van der Waals surface area contributed by atoms with Gasteiger partial charge in [0.1, 0.15) is 11.4 Å². The van der Waals surface area contributed by atoms with Gasteiger partial charge in [-0.15, -0.1) is 0 Å². The summed E-state index contributed by atoms with van der Waals surface area (Å²) in [5, 5.41) is 10.7. The summed E-state index contributed by atoms with van der Waals surface area (Å²) in [6.45, 7) is 4.54. The maximum atomic E-state index is 10.7. The Labute approximate surface area is 112 Å². The third-order valence-electron chi connectivity index (χ3n) is 3.78. The first-order valence-electron chi connectivity index (χ1n) is 6.58. The molecule has 1 saturated carbocycles. The van der Waals surface area contributed by atoms with Gasteiger partial charge in [0.25, 0.3) is 5.69 Å². The number of nitro benzene ring substituents is 1. The van der Waals surface area contributed by atoms with E-state index in [1.165, 1.54) is 12.1 Å². The largest absolute Gasteiger partial charge is 0.490 e. The Kier molecular flexibility index (Phi) is 3.64. The summed E-state index contributed by atoms with van der Waals surface area (Å²) in [5.74, 6) is 0.618. The average Bonchev–Trinajstić information content (AvgIpc) is 2.31. The van der Waals surface area contributed by atoms with E-state index in [0.717, 1.165) is 25.7 Å². The van der Waals surface area contributed by atoms with Crippen LogP contribution < -0.4 is 10.5 Å². The Morgan fingerprint density at radius 1 is 1.37 bits per heavy atom. The lowest BCUT2D eigenvalue weighted by Crippen LogP contribution is -2.28. The van der Waals surface area contributed by atoms with Crippen LogP contribution >= 0.6 is 0 Å². The molecule has 104 valence electrons. The van der Waals surface area contributed by atoms with E-state index < -0.39 is 4.92 Å². The molecule has 0 saturated heterocycles. The molecule has 0 spiro atoms. The lowest BCUT2D eigenvalue weighted by atomic mass is 9.76. The quantitative estimate of drug-likeness (QED) is 0.514. The van der Waals surface area contributed by atoms with Gasteiger partial charge in [-0.1, -0.05) is 13.8 Å². The zero-order chi connectivity index (χ0) is 14.0. The van der Waals surface area contributed by atoms with Crippen LogP contribution in [0.2, 0.25) is 0 Å². The highest BCUT2D eigenvalue weighted by Gasteiger charge is 2.28. The molecule has 1 aliphatic carbocycles. The van der Waals surface area contributed by atoms with Crippen molar-refractivity contribution in [3.05, 3.63) is 28.3 Å². The second-order valence-corrected chi connectivity index (χ2v) is 5.96. The molecule has 5 heteroatoms. The maximum absolute atomic E-state index is 10.7. The van der Waals surface area contributed by atoms with E-state index in [9.17, 15) is 10.1 Å². The lowest BCUT2D eigenvalue weighted by Gasteiger charge is -2.34. The van der Waals surface area contributed by atoms with Gasteiger partial charge in [-0.25, -0.2) is 0 Å². The average molecular weight is 264 g/mol. The fourth-order valence-electron chi connectivity index (χ4n) is 2.46. The standard InChI is InChI=1S/C14H20N2O3/c1-14(2)7-5-10(6-8-14)19-11-3-4-13(16(17)18)12(15)9-11/h3-4,9-10H,5-8,15H2,1-2H3. The first-order chi connectivity index (χ1) is 8.87. The zero-order valence-corrected chi connectivity index (χ0v) is 11.4. The van der Waals surface area contributed by atoms with Crippen molar-refractivity contribution in [2.75, 3.05) is 5.73 Å². The first kappa shape index (κ1) is 13.6. The van der Waals surface area contributed by atoms with Crippen molar-refractivity contribution in [1.82, 2.24) is 0 Å². The molecule has 1 fully saturated rings. The van der Waals surface area contributed by atoms with Gasteiger partial charge in [0.2, 0.25) is 0 Å². The molecule has 0 atom stereocenters. The van der Waals surface area contributed by atoms with E-state index in [2.05, 4.69) is 13.8 Å². The molecule has 0 bridgehead atoms. The maximum Gasteiger partial charge on any atom is 0.292 e. The molecule has 1 aliphatic rings. The molecule has 1 aromatic carbocycles. The number of ether oxygens (including phenoxy) is 1. The minimum atomic E-state index is -0.484. The van der Waals surface area contributed by atoms with Gasteiger partial charge in [0.15, 0.2) is 0 Å². The summed E-state index contributed by atoms with van der Waals surface area (Å²) >= 11 is 0. The molecule has 0 aromatic heterocycles. The van der Waals surface area contributed by atoms with Crippen LogP contribution in [0.3, 0.4) is 0 Å². The Hall–Kier alpha value is -1.78. The van der Waals surface area contributed by atoms with Gasteiger partial charge in [0, 0.05) is 12.1 Å². The Morgan fingerprint density at radius 2 is 2.00 bits per heavy atom. The summed E-state index contributed by atoms with van der Waals surface area (Å²) in [6.07, 6.45) is 4.50. The summed E-state index contributed by atoms with van der Waals surface area (Å²) in [6, 6.07) is 4.56. The summed E-state index contributed by atoms with van der Waals surface area (Å²) in [4.78, 5) is 10.2. The molecule has 0 radical (unpaired) electrons. The van der Waals surface area contributed by atoms with Gasteiger partial charge < -0.3 is 10.5 Å². The van der Waals surface area contributed by atoms with Crippen LogP contribution in [0.4, 0.5) is 11.4 Å². The van der Waals surface area contributed by atoms with Gasteiger partial charge >= 0.3 is 0 Å². The van der Waals surface area contributed by atoms with E-state index in [0.29, 0.717) is 11.2 Å². The first-order valence-corrected chi connectivity index (χ1v) is 6.58. The Morgan fingerprint density at radius 3 is 2.53 bits per heavy atom. The van der Waals surface area contributed by atoms with Crippen LogP contribution in [0.25, 0.3) is 0 Å². The third-order valence-corrected chi connectivity index (χ3v) is 3.78. The van der Waals surface area contributed by atoms with Crippen molar-refractivity contribution < 1.29 is 9.66 Å². The minimum Gasteiger partial charge on any atom is -0.490 e. The lowest BCUT2D eigenvalue weighted by molar-refractivity contribution is -0.383. The molecule has 0 unspecified atom stereocenters. The van der Waals surface area contributed by atoms with E-state index in [-0.39, 0.29) is 17.5 Å². The van der Waals surface area contributed by atoms with Crippen molar-refractivity contribution in [3.63, 3.8) is 0 Å². The number of nitrogens with two attached hydrogens (primary N) is 1. The summed E-state index contributed by atoms with van der Waals surface area (Å²) < 4.78 is 5.86. The number of anilines is 1. The highest BCUT2D eigenvalue weighted by atomic mass is 16.6. The van der Waals surface area contributed by atoms with Gasteiger partial charge in [0.05, 0.1) is 11.0 Å². The smallest absolute Gasteiger partial charge is 0.292 e. The fraction of sp³-hybridized carbons (Fsp3) is 0.571. The molecular weight excluding hydrogens is 244 g/mol. The Balaban J connectivity index is 2.01. The van der Waals surface area contributed by atoms with Crippen molar-refractivity contribution in [1.29, 1.82) is 0 Å². The normalized spacial score (nSPS) is 19.1. The highest BCUT2D eigenvalue weighted by molar-refractivity contribution is 5.60. The summed E-state index contributed by atoms with van der Waals surface area (Å²) in [7, 11) is 0. The van der Waals surface area contributed by atoms with Crippen LogP contribution in [0.1, 0.15) is 39.5 Å². The van der Waals surface area contributed by atoms with Crippen LogP contribution in [0.15, 0.2) is 18.2 Å². The number of nitrogen functional groups attached to an aromatic ring is 1. The monoisotopic (exact) mass is 264 g/mol. The number of nitrogens with zero attached hydrogens (tertiary/aromatic N) is 1. The fourth-order valence-corrected chi connectivity index (χ4v) is 2.46. The van der Waals surface area contributed by atoms with Crippen LogP contribution in [-0.2, 0) is 0 Å². The molecule has 0 aliphatic heterocycles. The van der Waals surface area contributed by atoms with Crippen molar-refractivity contribution >= 4 is 11.4 Å². The van der Waals surface area contributed by atoms with E-state index in [4.69, 9.17) is 10.5 Å². The Bertz CT molecular complexity index is 476. The molecule has 0 amide bonds. The number of nitro groups is 1. The van der Waals surface area contributed by atoms with Crippen molar-refractivity contribution in [2.45, 2.75) is 45.6 Å². The van der Waals surface area contributed by atoms with Crippen molar-refractivity contribution in [3.8, 4) is 5.75 Å². The summed E-state index contributed by atoms with van der Waals surface area (Å²) in [5.41, 5.74) is 6.13. The second kappa shape index (κ2) is 5.07. The number of hydrogen-bond acceptors (Lipinski definition) is 4. The predicted octanol–water partition coefficient (Wildman–Crippen LogP) is 3.52. The molecule has 2 rings (SSSR count). The minimum absolute atomic E-state index is 0.0721. The number of hydrogen-bond donors (Lipinski definition) is 1. The molecule has 5 nitrogen and oxygen atoms in total. The molecule has 0 heterocycles. The van der Waals surface area contributed by atoms with Crippen LogP contribution in [0.5, 0.6) is 5.75 Å². The van der Waals surface area contributed by atoms with Gasteiger partial charge in [-0.3, -0.25) is 10.1 Å². The van der Waals surface area contributed by atoms with Gasteiger partial charge in [-0.2, -0.15) is 0 Å². The van der Waals surface area contributed by atoms with Gasteiger partial charge in [-0.05, 0) is 37.2 Å². The topological polar surface area (TPSA) is 78.4 Å². The third kappa shape index (κ3) is 3.36. The van der Waals surface area contributed by atoms with E-state index in [1.54, 1.807) is 6.07 Å². The number of benzene rings is 1.